The van der Waals surface area contributed by atoms with E-state index >= 15 is 0 Å². The normalized spacial score (nSPS) is 11.8. The summed E-state index contributed by atoms with van der Waals surface area (Å²) in [5.74, 6) is 0. The van der Waals surface area contributed by atoms with Crippen molar-refractivity contribution in [2.24, 2.45) is 0 Å². The van der Waals surface area contributed by atoms with Gasteiger partial charge in [0.1, 0.15) is 4.90 Å². The van der Waals surface area contributed by atoms with Crippen LogP contribution in [-0.4, -0.2) is 18.2 Å². The van der Waals surface area contributed by atoms with Gasteiger partial charge in [0.15, 0.2) is 5.15 Å². The molecule has 1 aromatic heterocycles. The molecule has 0 aliphatic heterocycles. The summed E-state index contributed by atoms with van der Waals surface area (Å²) in [7, 11) is 1.52. The van der Waals surface area contributed by atoms with Gasteiger partial charge >= 0.3 is 0 Å². The van der Waals surface area contributed by atoms with E-state index in [0.717, 1.165) is 10.9 Å². The molecule has 0 N–H and O–H groups in total. The van der Waals surface area contributed by atoms with Crippen LogP contribution in [0.1, 0.15) is 19.0 Å². The summed E-state index contributed by atoms with van der Waals surface area (Å²) in [6, 6.07) is 7.20. The van der Waals surface area contributed by atoms with Gasteiger partial charge in [-0.1, -0.05) is 40.9 Å². The highest BCUT2D eigenvalue weighted by molar-refractivity contribution is 9.10. The fraction of sp³-hybridized carbons (Fsp3) is 0.250. The summed E-state index contributed by atoms with van der Waals surface area (Å²) in [5.41, 5.74) is 1.05. The summed E-state index contributed by atoms with van der Waals surface area (Å²) in [6.07, 6.45) is 1.23. The number of hydrogen-bond donors (Lipinski definition) is 0. The molecule has 4 nitrogen and oxygen atoms in total. The van der Waals surface area contributed by atoms with Gasteiger partial charge in [-0.3, -0.25) is 0 Å². The molecule has 2 rings (SSSR count). The molecule has 108 valence electrons. The summed E-state index contributed by atoms with van der Waals surface area (Å²) in [4.78, 5) is -0.106. The second kappa shape index (κ2) is 6.05. The highest BCUT2D eigenvalue weighted by atomic mass is 79.9. The monoisotopic (exact) mass is 396 g/mol. The number of halogens is 3. The Morgan fingerprint density at radius 2 is 1.90 bits per heavy atom. The lowest BCUT2D eigenvalue weighted by Crippen LogP contribution is -1.97. The van der Waals surface area contributed by atoms with E-state index in [9.17, 15) is 8.42 Å². The van der Waals surface area contributed by atoms with Gasteiger partial charge in [-0.05, 0) is 30.7 Å². The minimum Gasteiger partial charge on any atom is -0.221 e. The zero-order valence-corrected chi connectivity index (χ0v) is 14.4. The second-order valence-corrected chi connectivity index (χ2v) is 7.92. The minimum absolute atomic E-state index is 0.00534. The molecule has 1 heterocycles. The molecular formula is C12H11BrCl2N2O2S. The second-order valence-electron chi connectivity index (χ2n) is 4.14. The van der Waals surface area contributed by atoms with Crippen molar-refractivity contribution in [1.29, 1.82) is 0 Å². The Bertz CT molecular complexity index is 727. The molecular weight excluding hydrogens is 387 g/mol. The van der Waals surface area contributed by atoms with Gasteiger partial charge in [0, 0.05) is 15.2 Å². The molecule has 0 bridgehead atoms. The molecule has 0 aliphatic rings. The Labute approximate surface area is 135 Å². The van der Waals surface area contributed by atoms with Crippen molar-refractivity contribution in [3.8, 4) is 5.69 Å². The Hall–Kier alpha value is -0.560. The van der Waals surface area contributed by atoms with Gasteiger partial charge in [0.2, 0.25) is 0 Å². The van der Waals surface area contributed by atoms with Crippen LogP contribution in [0, 0.1) is 0 Å². The van der Waals surface area contributed by atoms with Gasteiger partial charge in [-0.25, -0.2) is 13.1 Å². The van der Waals surface area contributed by atoms with E-state index in [1.54, 1.807) is 12.1 Å². The molecule has 0 fully saturated rings. The maximum atomic E-state index is 11.7. The molecule has 8 heteroatoms. The third-order valence-corrected chi connectivity index (χ3v) is 5.03. The Kier molecular flexibility index (Phi) is 4.79. The van der Waals surface area contributed by atoms with Crippen molar-refractivity contribution in [1.82, 2.24) is 9.78 Å². The fourth-order valence-corrected chi connectivity index (χ4v) is 3.95. The Balaban J connectivity index is 2.64. The smallest absolute Gasteiger partial charge is 0.221 e. The van der Waals surface area contributed by atoms with Crippen LogP contribution in [0.5, 0.6) is 0 Å². The van der Waals surface area contributed by atoms with Gasteiger partial charge in [0.05, 0.1) is 11.4 Å². The Morgan fingerprint density at radius 1 is 1.30 bits per heavy atom. The number of aryl methyl sites for hydroxylation is 1. The SMILES string of the molecule is CCCc1nn(-c2ccc(Br)cc2)c(Cl)c1S(=O)(=O)Cl. The zero-order chi connectivity index (χ0) is 14.9. The van der Waals surface area contributed by atoms with Crippen LogP contribution < -0.4 is 0 Å². The van der Waals surface area contributed by atoms with Crippen molar-refractivity contribution in [2.45, 2.75) is 24.7 Å². The maximum Gasteiger partial charge on any atom is 0.266 e. The van der Waals surface area contributed by atoms with E-state index in [0.29, 0.717) is 17.8 Å². The average Bonchev–Trinajstić information content (AvgIpc) is 2.67. The molecule has 0 amide bonds. The van der Waals surface area contributed by atoms with E-state index in [4.69, 9.17) is 22.3 Å². The first-order valence-corrected chi connectivity index (χ1v) is 9.30. The molecule has 0 atom stereocenters. The number of rotatable bonds is 4. The minimum atomic E-state index is -3.93. The summed E-state index contributed by atoms with van der Waals surface area (Å²) in [6.45, 7) is 1.93. The van der Waals surface area contributed by atoms with Crippen molar-refractivity contribution in [3.05, 3.63) is 39.6 Å². The van der Waals surface area contributed by atoms with Gasteiger partial charge < -0.3 is 0 Å². The van der Waals surface area contributed by atoms with Crippen LogP contribution in [0.25, 0.3) is 5.69 Å². The Morgan fingerprint density at radius 3 is 2.40 bits per heavy atom. The fourth-order valence-electron chi connectivity index (χ4n) is 1.82. The quantitative estimate of drug-likeness (QED) is 0.727. The molecule has 0 spiro atoms. The third-order valence-electron chi connectivity index (χ3n) is 2.66. The van der Waals surface area contributed by atoms with E-state index in [-0.39, 0.29) is 10.0 Å². The predicted molar refractivity (Wildman–Crippen MR) is 83.3 cm³/mol. The molecule has 1 aromatic carbocycles. The highest BCUT2D eigenvalue weighted by Gasteiger charge is 2.26. The van der Waals surface area contributed by atoms with Gasteiger partial charge in [0.25, 0.3) is 9.05 Å². The summed E-state index contributed by atoms with van der Waals surface area (Å²) in [5, 5.41) is 4.28. The summed E-state index contributed by atoms with van der Waals surface area (Å²) < 4.78 is 25.6. The summed E-state index contributed by atoms with van der Waals surface area (Å²) >= 11 is 9.48. The van der Waals surface area contributed by atoms with Crippen LogP contribution in [0.15, 0.2) is 33.6 Å². The van der Waals surface area contributed by atoms with E-state index in [1.165, 1.54) is 4.68 Å². The molecule has 0 radical (unpaired) electrons. The topological polar surface area (TPSA) is 52.0 Å². The van der Waals surface area contributed by atoms with E-state index in [2.05, 4.69) is 21.0 Å². The van der Waals surface area contributed by atoms with Crippen LogP contribution in [0.3, 0.4) is 0 Å². The van der Waals surface area contributed by atoms with Crippen LogP contribution >= 0.6 is 38.2 Å². The maximum absolute atomic E-state index is 11.7. The first kappa shape index (κ1) is 15.8. The van der Waals surface area contributed by atoms with E-state index < -0.39 is 9.05 Å². The number of aromatic nitrogens is 2. The van der Waals surface area contributed by atoms with Crippen LogP contribution in [-0.2, 0) is 15.5 Å². The van der Waals surface area contributed by atoms with Crippen molar-refractivity contribution in [2.75, 3.05) is 0 Å². The lowest BCUT2D eigenvalue weighted by atomic mass is 10.2. The molecule has 0 saturated carbocycles. The number of hydrogen-bond acceptors (Lipinski definition) is 3. The standard InChI is InChI=1S/C12H11BrCl2N2O2S/c1-2-3-10-11(20(15,18)19)12(14)17(16-10)9-6-4-8(13)5-7-9/h4-7H,2-3H2,1H3. The number of nitrogens with zero attached hydrogens (tertiary/aromatic N) is 2. The van der Waals surface area contributed by atoms with Crippen LogP contribution in [0.4, 0.5) is 0 Å². The van der Waals surface area contributed by atoms with Gasteiger partial charge in [-0.15, -0.1) is 0 Å². The zero-order valence-electron chi connectivity index (χ0n) is 10.5. The lowest BCUT2D eigenvalue weighted by molar-refractivity contribution is 0.608. The first-order chi connectivity index (χ1) is 9.34. The average molecular weight is 398 g/mol. The van der Waals surface area contributed by atoms with Crippen molar-refractivity contribution >= 4 is 47.3 Å². The molecule has 0 saturated heterocycles. The van der Waals surface area contributed by atoms with Gasteiger partial charge in [-0.2, -0.15) is 5.10 Å². The lowest BCUT2D eigenvalue weighted by Gasteiger charge is -2.02. The predicted octanol–water partition coefficient (Wildman–Crippen LogP) is 4.17. The molecule has 2 aromatic rings. The third kappa shape index (κ3) is 3.19. The van der Waals surface area contributed by atoms with Crippen molar-refractivity contribution < 1.29 is 8.42 Å². The van der Waals surface area contributed by atoms with Crippen molar-refractivity contribution in [3.63, 3.8) is 0 Å². The van der Waals surface area contributed by atoms with E-state index in [1.807, 2.05) is 19.1 Å². The molecule has 0 aliphatic carbocycles. The molecule has 0 unspecified atom stereocenters. The molecule has 20 heavy (non-hydrogen) atoms. The largest absolute Gasteiger partial charge is 0.266 e. The number of benzene rings is 1. The highest BCUT2D eigenvalue weighted by Crippen LogP contribution is 2.31. The van der Waals surface area contributed by atoms with Crippen LogP contribution in [0.2, 0.25) is 5.15 Å². The first-order valence-electron chi connectivity index (χ1n) is 5.82.